The molecule has 0 saturated carbocycles. The smallest absolute Gasteiger partial charge is 0.293 e. The fraction of sp³-hybridized carbons (Fsp3) is 0.182. The number of ether oxygens (including phenoxy) is 3. The first-order valence-electron chi connectivity index (χ1n) is 9.93. The zero-order chi connectivity index (χ0) is 26.9. The number of guanidine groups is 1. The molecule has 0 aliphatic rings. The summed E-state index contributed by atoms with van der Waals surface area (Å²) in [5.74, 6) is -4.96. The summed E-state index contributed by atoms with van der Waals surface area (Å²) in [5, 5.41) is 0. The quantitative estimate of drug-likeness (QED) is 0.178. The van der Waals surface area contributed by atoms with Gasteiger partial charge in [-0.25, -0.2) is 17.2 Å². The van der Waals surface area contributed by atoms with E-state index in [4.69, 9.17) is 16.2 Å². The fourth-order valence-corrected chi connectivity index (χ4v) is 4.21. The van der Waals surface area contributed by atoms with E-state index in [-0.39, 0.29) is 34.7 Å². The highest BCUT2D eigenvalue weighted by atomic mass is 32.2. The van der Waals surface area contributed by atoms with Crippen LogP contribution in [0.25, 0.3) is 6.08 Å². The van der Waals surface area contributed by atoms with Gasteiger partial charge in [0.25, 0.3) is 18.9 Å². The van der Waals surface area contributed by atoms with Crippen LogP contribution < -0.4 is 16.2 Å². The number of amides is 1. The summed E-state index contributed by atoms with van der Waals surface area (Å²) in [6, 6.07) is 6.39. The molecular weight excluding hydrogens is 504 g/mol. The first kappa shape index (κ1) is 27.9. The number of sulfone groups is 1. The van der Waals surface area contributed by atoms with Crippen molar-refractivity contribution in [2.75, 3.05) is 12.4 Å². The SMILES string of the molecule is C/C(=C\c1cc(F)c(Oc2ccc(S(=O)(=O)CC(COC=O)OC=O)cc2)c(F)c1)C(=O)N=C(N)N. The van der Waals surface area contributed by atoms with Crippen LogP contribution in [0.3, 0.4) is 0 Å². The molecule has 11 nitrogen and oxygen atoms in total. The van der Waals surface area contributed by atoms with Crippen molar-refractivity contribution in [3.8, 4) is 11.5 Å². The summed E-state index contributed by atoms with van der Waals surface area (Å²) >= 11 is 0. The number of aliphatic imine (C=N–C) groups is 1. The van der Waals surface area contributed by atoms with Crippen molar-refractivity contribution in [2.24, 2.45) is 16.5 Å². The van der Waals surface area contributed by atoms with Gasteiger partial charge in [0.05, 0.1) is 10.6 Å². The molecule has 0 aliphatic heterocycles. The van der Waals surface area contributed by atoms with Gasteiger partial charge in [-0.2, -0.15) is 4.99 Å². The van der Waals surface area contributed by atoms with Crippen molar-refractivity contribution in [3.63, 3.8) is 0 Å². The van der Waals surface area contributed by atoms with E-state index in [1.54, 1.807) is 0 Å². The van der Waals surface area contributed by atoms with Gasteiger partial charge in [0.1, 0.15) is 18.5 Å². The lowest BCUT2D eigenvalue weighted by atomic mass is 10.1. The highest BCUT2D eigenvalue weighted by Crippen LogP contribution is 2.30. The summed E-state index contributed by atoms with van der Waals surface area (Å²) in [5.41, 5.74) is 10.3. The van der Waals surface area contributed by atoms with Gasteiger partial charge in [-0.05, 0) is 55.0 Å². The third kappa shape index (κ3) is 7.87. The van der Waals surface area contributed by atoms with E-state index < -0.39 is 57.6 Å². The van der Waals surface area contributed by atoms with E-state index >= 15 is 0 Å². The minimum Gasteiger partial charge on any atom is -0.464 e. The number of benzene rings is 2. The minimum absolute atomic E-state index is 0.00101. The Morgan fingerprint density at radius 1 is 1.08 bits per heavy atom. The van der Waals surface area contributed by atoms with Crippen LogP contribution in [0, 0.1) is 11.6 Å². The van der Waals surface area contributed by atoms with Crippen molar-refractivity contribution in [2.45, 2.75) is 17.9 Å². The number of nitrogens with two attached hydrogens (primary N) is 2. The Bertz CT molecular complexity index is 1270. The van der Waals surface area contributed by atoms with E-state index in [2.05, 4.69) is 14.5 Å². The highest BCUT2D eigenvalue weighted by molar-refractivity contribution is 7.91. The maximum Gasteiger partial charge on any atom is 0.293 e. The number of carbonyl (C=O) groups excluding carboxylic acids is 3. The molecule has 2 rings (SSSR count). The molecule has 0 aliphatic carbocycles. The predicted molar refractivity (Wildman–Crippen MR) is 122 cm³/mol. The molecule has 14 heteroatoms. The first-order valence-corrected chi connectivity index (χ1v) is 11.6. The van der Waals surface area contributed by atoms with Gasteiger partial charge in [-0.15, -0.1) is 0 Å². The number of hydrogen-bond donors (Lipinski definition) is 2. The van der Waals surface area contributed by atoms with E-state index in [1.165, 1.54) is 13.0 Å². The average Bonchev–Trinajstić information content (AvgIpc) is 2.79. The third-order valence-corrected chi connectivity index (χ3v) is 6.18. The largest absolute Gasteiger partial charge is 0.464 e. The normalized spacial score (nSPS) is 12.2. The fourth-order valence-electron chi connectivity index (χ4n) is 2.80. The molecule has 2 aromatic carbocycles. The van der Waals surface area contributed by atoms with Crippen LogP contribution in [-0.2, 0) is 33.7 Å². The Morgan fingerprint density at radius 2 is 1.69 bits per heavy atom. The second kappa shape index (κ2) is 12.4. The summed E-state index contributed by atoms with van der Waals surface area (Å²) in [4.78, 5) is 35.7. The second-order valence-corrected chi connectivity index (χ2v) is 9.16. The standard InChI is InChI=1S/C22H21F2N3O8S/c1-13(21(30)27-22(25)26)6-14-7-18(23)20(19(24)8-14)35-15-2-4-17(5-3-15)36(31,32)10-16(34-12-29)9-33-11-28/h2-8,11-12,16H,9-10H2,1H3,(H4,25,26,27,30)/b13-6+. The molecule has 0 bridgehead atoms. The molecule has 0 spiro atoms. The van der Waals surface area contributed by atoms with E-state index in [0.29, 0.717) is 0 Å². The Kier molecular flexibility index (Phi) is 9.61. The monoisotopic (exact) mass is 525 g/mol. The maximum absolute atomic E-state index is 14.5. The molecule has 0 radical (unpaired) electrons. The molecule has 0 heterocycles. The minimum atomic E-state index is -3.99. The van der Waals surface area contributed by atoms with Gasteiger partial charge < -0.3 is 25.7 Å². The lowest BCUT2D eigenvalue weighted by Gasteiger charge is -2.14. The molecule has 4 N–H and O–H groups in total. The summed E-state index contributed by atoms with van der Waals surface area (Å²) in [6.07, 6.45) is -0.0608. The third-order valence-electron chi connectivity index (χ3n) is 4.38. The Hall–Kier alpha value is -4.33. The molecule has 36 heavy (non-hydrogen) atoms. The highest BCUT2D eigenvalue weighted by Gasteiger charge is 2.23. The van der Waals surface area contributed by atoms with Gasteiger partial charge in [0.2, 0.25) is 0 Å². The molecule has 1 atom stereocenters. The zero-order valence-electron chi connectivity index (χ0n) is 18.7. The van der Waals surface area contributed by atoms with Gasteiger partial charge in [-0.3, -0.25) is 14.4 Å². The Labute approximate surface area is 204 Å². The zero-order valence-corrected chi connectivity index (χ0v) is 19.5. The molecule has 1 unspecified atom stereocenters. The first-order chi connectivity index (χ1) is 17.0. The number of hydrogen-bond acceptors (Lipinski definition) is 8. The van der Waals surface area contributed by atoms with Crippen molar-refractivity contribution in [1.82, 2.24) is 0 Å². The average molecular weight is 525 g/mol. The molecular formula is C22H21F2N3O8S. The van der Waals surface area contributed by atoms with E-state index in [1.807, 2.05) is 0 Å². The molecule has 2 aromatic rings. The van der Waals surface area contributed by atoms with Gasteiger partial charge in [-0.1, -0.05) is 0 Å². The maximum atomic E-state index is 14.5. The van der Waals surface area contributed by atoms with Crippen LogP contribution in [0.5, 0.6) is 11.5 Å². The molecule has 0 aromatic heterocycles. The van der Waals surface area contributed by atoms with Gasteiger partial charge in [0, 0.05) is 5.57 Å². The van der Waals surface area contributed by atoms with Crippen LogP contribution in [-0.4, -0.2) is 51.7 Å². The number of rotatable bonds is 12. The lowest BCUT2D eigenvalue weighted by molar-refractivity contribution is -0.141. The predicted octanol–water partition coefficient (Wildman–Crippen LogP) is 1.45. The van der Waals surface area contributed by atoms with Crippen molar-refractivity contribution >= 4 is 40.7 Å². The summed E-state index contributed by atoms with van der Waals surface area (Å²) in [7, 11) is -3.99. The summed E-state index contributed by atoms with van der Waals surface area (Å²) < 4.78 is 68.4. The van der Waals surface area contributed by atoms with E-state index in [9.17, 15) is 31.6 Å². The Balaban J connectivity index is 2.20. The Morgan fingerprint density at radius 3 is 2.22 bits per heavy atom. The van der Waals surface area contributed by atoms with Gasteiger partial charge >= 0.3 is 0 Å². The summed E-state index contributed by atoms with van der Waals surface area (Å²) in [6.45, 7) is 0.995. The van der Waals surface area contributed by atoms with Crippen molar-refractivity contribution in [1.29, 1.82) is 0 Å². The van der Waals surface area contributed by atoms with Crippen molar-refractivity contribution < 1.29 is 45.8 Å². The number of halogens is 2. The van der Waals surface area contributed by atoms with Crippen molar-refractivity contribution in [3.05, 3.63) is 59.2 Å². The van der Waals surface area contributed by atoms with Crippen LogP contribution in [0.1, 0.15) is 12.5 Å². The topological polar surface area (TPSA) is 177 Å². The van der Waals surface area contributed by atoms with Crippen LogP contribution >= 0.6 is 0 Å². The lowest BCUT2D eigenvalue weighted by Crippen LogP contribution is -2.28. The molecule has 1 amide bonds. The molecule has 192 valence electrons. The van der Waals surface area contributed by atoms with Crippen LogP contribution in [0.4, 0.5) is 8.78 Å². The van der Waals surface area contributed by atoms with Gasteiger partial charge in [0.15, 0.2) is 33.2 Å². The van der Waals surface area contributed by atoms with Crippen LogP contribution in [0.2, 0.25) is 0 Å². The van der Waals surface area contributed by atoms with Crippen LogP contribution in [0.15, 0.2) is 51.9 Å². The number of carbonyl (C=O) groups is 3. The second-order valence-electron chi connectivity index (χ2n) is 7.12. The molecule has 0 saturated heterocycles. The molecule has 0 fully saturated rings. The number of nitrogens with zero attached hydrogens (tertiary/aromatic N) is 1. The van der Waals surface area contributed by atoms with E-state index in [0.717, 1.165) is 36.4 Å².